The van der Waals surface area contributed by atoms with Crippen LogP contribution in [-0.4, -0.2) is 79.3 Å². The van der Waals surface area contributed by atoms with Crippen molar-refractivity contribution in [3.05, 3.63) is 65.5 Å². The third-order valence-corrected chi connectivity index (χ3v) is 11.3. The number of sulfonamides is 1. The number of anilines is 3. The van der Waals surface area contributed by atoms with Crippen molar-refractivity contribution in [2.75, 3.05) is 43.1 Å². The summed E-state index contributed by atoms with van der Waals surface area (Å²) in [5, 5.41) is 17.3. The Balaban J connectivity index is 1.45. The molecule has 0 saturated carbocycles. The third kappa shape index (κ3) is 9.10. The van der Waals surface area contributed by atoms with Crippen LogP contribution in [0.2, 0.25) is 0 Å². The summed E-state index contributed by atoms with van der Waals surface area (Å²) in [6.07, 6.45) is 1.55. The van der Waals surface area contributed by atoms with Crippen molar-refractivity contribution >= 4 is 56.1 Å². The smallest absolute Gasteiger partial charge is 0.258 e. The molecule has 1 aliphatic rings. The zero-order chi connectivity index (χ0) is 34.1. The van der Waals surface area contributed by atoms with Crippen LogP contribution in [0.3, 0.4) is 0 Å². The number of nitrogens with zero attached hydrogens (tertiary/aromatic N) is 2. The van der Waals surface area contributed by atoms with Crippen LogP contribution in [0.25, 0.3) is 0 Å². The van der Waals surface area contributed by atoms with Crippen LogP contribution in [0, 0.1) is 5.92 Å². The van der Waals surface area contributed by atoms with Gasteiger partial charge in [-0.2, -0.15) is 4.31 Å². The van der Waals surface area contributed by atoms with Crippen molar-refractivity contribution in [1.82, 2.24) is 9.21 Å². The summed E-state index contributed by atoms with van der Waals surface area (Å²) < 4.78 is 34.4. The van der Waals surface area contributed by atoms with E-state index in [9.17, 15) is 27.9 Å². The summed E-state index contributed by atoms with van der Waals surface area (Å²) >= 11 is 1.12. The first-order chi connectivity index (χ1) is 22.4. The van der Waals surface area contributed by atoms with Gasteiger partial charge < -0.3 is 31.1 Å². The van der Waals surface area contributed by atoms with E-state index in [2.05, 4.69) is 10.6 Å². The number of aliphatic hydroxyl groups excluding tert-OH is 1. The van der Waals surface area contributed by atoms with Gasteiger partial charge in [0.2, 0.25) is 11.8 Å². The number of fused-ring (bicyclic) bond motifs is 1. The molecule has 2 heterocycles. The normalized spacial score (nSPS) is 17.3. The fourth-order valence-electron chi connectivity index (χ4n) is 5.26. The minimum Gasteiger partial charge on any atom is -0.486 e. The largest absolute Gasteiger partial charge is 0.486 e. The van der Waals surface area contributed by atoms with Gasteiger partial charge in [0, 0.05) is 32.4 Å². The Kier molecular flexibility index (Phi) is 12.4. The average Bonchev–Trinajstić information content (AvgIpc) is 3.60. The van der Waals surface area contributed by atoms with Crippen molar-refractivity contribution in [3.8, 4) is 5.75 Å². The van der Waals surface area contributed by atoms with Crippen molar-refractivity contribution in [3.63, 3.8) is 0 Å². The van der Waals surface area contributed by atoms with Gasteiger partial charge in [-0.05, 0) is 55.5 Å². The number of thiophene rings is 1. The lowest BCUT2D eigenvalue weighted by atomic mass is 9.99. The number of ether oxygens (including phenoxy) is 1. The molecule has 0 aliphatic carbocycles. The minimum absolute atomic E-state index is 0.0108. The lowest BCUT2D eigenvalue weighted by Crippen LogP contribution is -2.50. The quantitative estimate of drug-likeness (QED) is 0.143. The molecule has 5 N–H and O–H groups in total. The van der Waals surface area contributed by atoms with E-state index in [1.165, 1.54) is 11.4 Å². The Morgan fingerprint density at radius 2 is 1.70 bits per heavy atom. The number of benzene rings is 2. The lowest BCUT2D eigenvalue weighted by molar-refractivity contribution is -0.116. The number of aliphatic hydroxyl groups is 1. The van der Waals surface area contributed by atoms with Crippen LogP contribution in [-0.2, 0) is 19.6 Å². The number of hydrogen-bond acceptors (Lipinski definition) is 9. The summed E-state index contributed by atoms with van der Waals surface area (Å²) in [6, 6.07) is 14.6. The van der Waals surface area contributed by atoms with Crippen molar-refractivity contribution in [2.24, 2.45) is 5.92 Å². The first kappa shape index (κ1) is 35.9. The number of nitrogens with two attached hydrogens (primary N) is 1. The number of amides is 3. The monoisotopic (exact) mass is 685 g/mol. The highest BCUT2D eigenvalue weighted by atomic mass is 32.2. The highest BCUT2D eigenvalue weighted by molar-refractivity contribution is 7.91. The third-order valence-electron chi connectivity index (χ3n) is 8.10. The Morgan fingerprint density at radius 3 is 2.34 bits per heavy atom. The fraction of sp³-hybridized carbons (Fsp3) is 0.424. The molecular formula is C33H43N5O7S2. The van der Waals surface area contributed by atoms with Crippen LogP contribution in [0.4, 0.5) is 17.1 Å². The maximum Gasteiger partial charge on any atom is 0.258 e. The Hall–Kier alpha value is -3.98. The van der Waals surface area contributed by atoms with Crippen LogP contribution in [0.15, 0.2) is 64.2 Å². The molecule has 3 amide bonds. The summed E-state index contributed by atoms with van der Waals surface area (Å²) in [4.78, 5) is 40.6. The van der Waals surface area contributed by atoms with Crippen LogP contribution < -0.4 is 21.1 Å². The summed E-state index contributed by atoms with van der Waals surface area (Å²) in [5.74, 6) is -0.990. The second-order valence-corrected chi connectivity index (χ2v) is 15.0. The number of hydrogen-bond donors (Lipinski definition) is 4. The van der Waals surface area contributed by atoms with Gasteiger partial charge in [0.05, 0.1) is 41.8 Å². The number of likely N-dealkylation sites (N-methyl/N-ethyl adjacent to an activating group) is 1. The lowest BCUT2D eigenvalue weighted by Gasteiger charge is -2.38. The van der Waals surface area contributed by atoms with E-state index in [1.807, 2.05) is 6.92 Å². The SMILES string of the molecule is C[C@@H]1CN([C@H](C)CO)C(=O)c2cccc(NC(=O)CCCCCC(=O)Nc3ccccc3N)c2O[C@@H]1CN(C)S(=O)(=O)c1cccs1. The molecule has 0 bridgehead atoms. The number of nitrogen functional groups attached to an aromatic ring is 1. The predicted molar refractivity (Wildman–Crippen MR) is 183 cm³/mol. The Morgan fingerprint density at radius 1 is 1.04 bits per heavy atom. The molecule has 0 saturated heterocycles. The molecule has 0 fully saturated rings. The van der Waals surface area contributed by atoms with E-state index >= 15 is 0 Å². The van der Waals surface area contributed by atoms with Crippen LogP contribution in [0.5, 0.6) is 5.75 Å². The van der Waals surface area contributed by atoms with Gasteiger partial charge in [0.1, 0.15) is 10.3 Å². The molecular weight excluding hydrogens is 643 g/mol. The van der Waals surface area contributed by atoms with Gasteiger partial charge in [0.15, 0.2) is 5.75 Å². The van der Waals surface area contributed by atoms with Gasteiger partial charge in [-0.3, -0.25) is 14.4 Å². The van der Waals surface area contributed by atoms with E-state index in [0.29, 0.717) is 36.3 Å². The fourth-order valence-corrected chi connectivity index (χ4v) is 7.64. The van der Waals surface area contributed by atoms with Crippen molar-refractivity contribution in [1.29, 1.82) is 0 Å². The Bertz CT molecular complexity index is 1650. The van der Waals surface area contributed by atoms with Gasteiger partial charge >= 0.3 is 0 Å². The van der Waals surface area contributed by atoms with Crippen molar-refractivity contribution < 1.29 is 32.6 Å². The number of carbonyl (C=O) groups is 3. The van der Waals surface area contributed by atoms with Crippen molar-refractivity contribution in [2.45, 2.75) is 62.3 Å². The molecule has 3 atom stereocenters. The van der Waals surface area contributed by atoms with E-state index in [-0.39, 0.29) is 71.7 Å². The topological polar surface area (TPSA) is 171 Å². The maximum absolute atomic E-state index is 13.7. The van der Waals surface area contributed by atoms with Gasteiger partial charge in [-0.1, -0.05) is 37.6 Å². The van der Waals surface area contributed by atoms with E-state index in [0.717, 1.165) is 11.3 Å². The number of carbonyl (C=O) groups excluding carboxylic acids is 3. The average molecular weight is 686 g/mol. The summed E-state index contributed by atoms with van der Waals surface area (Å²) in [6.45, 7) is 3.56. The van der Waals surface area contributed by atoms with Gasteiger partial charge in [0.25, 0.3) is 15.9 Å². The molecule has 2 aromatic carbocycles. The number of para-hydroxylation sites is 3. The highest BCUT2D eigenvalue weighted by Crippen LogP contribution is 2.35. The zero-order valence-corrected chi connectivity index (χ0v) is 28.5. The second kappa shape index (κ2) is 16.2. The van der Waals surface area contributed by atoms with E-state index in [4.69, 9.17) is 10.5 Å². The van der Waals surface area contributed by atoms with E-state index in [1.54, 1.807) is 71.8 Å². The predicted octanol–water partition coefficient (Wildman–Crippen LogP) is 4.40. The van der Waals surface area contributed by atoms with Crippen LogP contribution in [0.1, 0.15) is 56.3 Å². The second-order valence-electron chi connectivity index (χ2n) is 11.8. The number of rotatable bonds is 14. The number of nitrogens with one attached hydrogen (secondary N) is 2. The Labute approximate surface area is 279 Å². The molecule has 0 radical (unpaired) electrons. The first-order valence-electron chi connectivity index (χ1n) is 15.6. The van der Waals surface area contributed by atoms with Gasteiger partial charge in [-0.15, -0.1) is 11.3 Å². The highest BCUT2D eigenvalue weighted by Gasteiger charge is 2.36. The maximum atomic E-state index is 13.7. The standard InChI is InChI=1S/C33H43N5O7S2/c1-22-19-38(23(2)21-39)33(42)24-11-9-14-27(32(24)45-28(22)20-37(3)47(43,44)31-17-10-18-46-31)36-30(41)16-6-4-5-15-29(40)35-26-13-8-7-12-25(26)34/h7-14,17-18,22-23,28,39H,4-6,15-16,19-21,34H2,1-3H3,(H,35,40)(H,36,41)/t22-,23-,28-/m1/s1. The molecule has 0 unspecified atom stereocenters. The molecule has 14 heteroatoms. The summed E-state index contributed by atoms with van der Waals surface area (Å²) in [7, 11) is -2.29. The molecule has 0 spiro atoms. The molecule has 3 aromatic rings. The molecule has 12 nitrogen and oxygen atoms in total. The summed E-state index contributed by atoms with van der Waals surface area (Å²) in [5.41, 5.74) is 7.43. The minimum atomic E-state index is -3.78. The van der Waals surface area contributed by atoms with Gasteiger partial charge in [-0.25, -0.2) is 8.42 Å². The first-order valence-corrected chi connectivity index (χ1v) is 17.9. The molecule has 254 valence electrons. The van der Waals surface area contributed by atoms with Crippen LogP contribution >= 0.6 is 11.3 Å². The molecule has 4 rings (SSSR count). The molecule has 1 aliphatic heterocycles. The van der Waals surface area contributed by atoms with E-state index < -0.39 is 22.2 Å². The number of unbranched alkanes of at least 4 members (excludes halogenated alkanes) is 2. The molecule has 1 aromatic heterocycles. The molecule has 47 heavy (non-hydrogen) atoms. The zero-order valence-electron chi connectivity index (χ0n) is 26.8.